The minimum Gasteiger partial charge on any atom is -0.490 e. The van der Waals surface area contributed by atoms with Crippen LogP contribution in [0.25, 0.3) is 0 Å². The lowest BCUT2D eigenvalue weighted by atomic mass is 10.0. The molecule has 1 N–H and O–H groups in total. The zero-order chi connectivity index (χ0) is 29.8. The van der Waals surface area contributed by atoms with Crippen molar-refractivity contribution < 1.29 is 19.1 Å². The topological polar surface area (TPSA) is 67.9 Å². The van der Waals surface area contributed by atoms with Crippen LogP contribution in [0.3, 0.4) is 0 Å². The summed E-state index contributed by atoms with van der Waals surface area (Å²) in [5.41, 5.74) is 2.63. The van der Waals surface area contributed by atoms with Gasteiger partial charge in [0.25, 0.3) is 0 Å². The number of hydrogen-bond donors (Lipinski definition) is 1. The van der Waals surface area contributed by atoms with Crippen molar-refractivity contribution >= 4 is 35.0 Å². The van der Waals surface area contributed by atoms with Crippen molar-refractivity contribution in [2.75, 3.05) is 19.8 Å². The van der Waals surface area contributed by atoms with Gasteiger partial charge in [-0.3, -0.25) is 9.59 Å². The molecular weight excluding hydrogens is 559 g/mol. The molecule has 0 aliphatic heterocycles. The van der Waals surface area contributed by atoms with Gasteiger partial charge >= 0.3 is 0 Å². The molecule has 0 heterocycles. The van der Waals surface area contributed by atoms with Gasteiger partial charge in [0.15, 0.2) is 11.5 Å². The van der Waals surface area contributed by atoms with E-state index in [2.05, 4.69) is 5.32 Å². The summed E-state index contributed by atoms with van der Waals surface area (Å²) in [5.74, 6) is 1.25. The van der Waals surface area contributed by atoms with Crippen LogP contribution in [-0.2, 0) is 29.0 Å². The van der Waals surface area contributed by atoms with E-state index in [1.54, 1.807) is 23.1 Å². The van der Waals surface area contributed by atoms with Gasteiger partial charge in [0.1, 0.15) is 6.04 Å². The summed E-state index contributed by atoms with van der Waals surface area (Å²) in [6.45, 7) is 9.64. The van der Waals surface area contributed by atoms with Crippen LogP contribution >= 0.6 is 23.2 Å². The molecule has 0 saturated heterocycles. The van der Waals surface area contributed by atoms with Gasteiger partial charge in [-0.25, -0.2) is 0 Å². The Kier molecular flexibility index (Phi) is 12.8. The van der Waals surface area contributed by atoms with Crippen molar-refractivity contribution in [2.24, 2.45) is 5.92 Å². The lowest BCUT2D eigenvalue weighted by Gasteiger charge is -2.32. The van der Waals surface area contributed by atoms with Gasteiger partial charge in [-0.15, -0.1) is 0 Å². The summed E-state index contributed by atoms with van der Waals surface area (Å²) < 4.78 is 11.5. The van der Waals surface area contributed by atoms with E-state index >= 15 is 0 Å². The van der Waals surface area contributed by atoms with Gasteiger partial charge in [0.05, 0.1) is 13.2 Å². The third kappa shape index (κ3) is 9.98. The molecule has 0 aliphatic rings. The highest BCUT2D eigenvalue weighted by Crippen LogP contribution is 2.30. The van der Waals surface area contributed by atoms with Crippen molar-refractivity contribution in [1.29, 1.82) is 0 Å². The van der Waals surface area contributed by atoms with Crippen LogP contribution in [0.1, 0.15) is 50.8 Å². The molecule has 8 heteroatoms. The van der Waals surface area contributed by atoms with Gasteiger partial charge in [-0.1, -0.05) is 79.5 Å². The Bertz CT molecular complexity index is 1280. The number of nitrogens with zero attached hydrogens (tertiary/aromatic N) is 1. The van der Waals surface area contributed by atoms with Crippen LogP contribution in [0.15, 0.2) is 66.7 Å². The highest BCUT2D eigenvalue weighted by atomic mass is 35.5. The molecule has 0 fully saturated rings. The van der Waals surface area contributed by atoms with E-state index in [9.17, 15) is 9.59 Å². The molecule has 0 spiro atoms. The second-order valence-corrected chi connectivity index (χ2v) is 11.1. The average molecular weight is 600 g/mol. The van der Waals surface area contributed by atoms with Crippen molar-refractivity contribution in [1.82, 2.24) is 10.2 Å². The standard InChI is InChI=1S/C33H40Cl2N2O4/c1-5-40-30-16-12-25(19-31(30)41-6-2)13-17-32(38)37(22-26-14-15-27(34)20-28(26)35)29(33(39)36-21-23(3)4)18-24-10-8-7-9-11-24/h7-12,14-16,19-20,23,29H,5-6,13,17-18,21-22H2,1-4H3,(H,36,39). The molecule has 2 amide bonds. The van der Waals surface area contributed by atoms with Gasteiger partial charge in [0.2, 0.25) is 11.8 Å². The third-order valence-corrected chi connectivity index (χ3v) is 7.13. The summed E-state index contributed by atoms with van der Waals surface area (Å²) >= 11 is 12.7. The predicted molar refractivity (Wildman–Crippen MR) is 166 cm³/mol. The number of halogens is 2. The van der Waals surface area contributed by atoms with Crippen LogP contribution in [0.2, 0.25) is 10.0 Å². The molecule has 1 atom stereocenters. The molecule has 0 aliphatic carbocycles. The van der Waals surface area contributed by atoms with E-state index in [0.717, 1.165) is 16.7 Å². The second kappa shape index (κ2) is 16.3. The Balaban J connectivity index is 1.92. The Hall–Kier alpha value is -3.22. The minimum absolute atomic E-state index is 0.150. The van der Waals surface area contributed by atoms with Crippen LogP contribution in [0, 0.1) is 5.92 Å². The van der Waals surface area contributed by atoms with Crippen molar-refractivity contribution in [3.63, 3.8) is 0 Å². The zero-order valence-electron chi connectivity index (χ0n) is 24.3. The summed E-state index contributed by atoms with van der Waals surface area (Å²) in [7, 11) is 0. The molecule has 0 bridgehead atoms. The molecule has 220 valence electrons. The molecule has 41 heavy (non-hydrogen) atoms. The maximum atomic E-state index is 14.0. The quantitative estimate of drug-likeness (QED) is 0.202. The van der Waals surface area contributed by atoms with Gasteiger partial charge < -0.3 is 19.7 Å². The van der Waals surface area contributed by atoms with E-state index < -0.39 is 6.04 Å². The number of hydrogen-bond acceptors (Lipinski definition) is 4. The molecule has 3 aromatic rings. The van der Waals surface area contributed by atoms with E-state index in [-0.39, 0.29) is 30.7 Å². The molecule has 0 radical (unpaired) electrons. The number of benzene rings is 3. The highest BCUT2D eigenvalue weighted by Gasteiger charge is 2.30. The fourth-order valence-corrected chi connectivity index (χ4v) is 4.92. The first-order valence-electron chi connectivity index (χ1n) is 14.1. The zero-order valence-corrected chi connectivity index (χ0v) is 25.8. The van der Waals surface area contributed by atoms with E-state index in [1.807, 2.05) is 76.2 Å². The van der Waals surface area contributed by atoms with Crippen molar-refractivity contribution in [2.45, 2.75) is 59.5 Å². The van der Waals surface area contributed by atoms with Gasteiger partial charge in [-0.2, -0.15) is 0 Å². The van der Waals surface area contributed by atoms with Gasteiger partial charge in [-0.05, 0) is 67.1 Å². The lowest BCUT2D eigenvalue weighted by Crippen LogP contribution is -2.51. The number of nitrogens with one attached hydrogen (secondary N) is 1. The average Bonchev–Trinajstić information content (AvgIpc) is 2.95. The third-order valence-electron chi connectivity index (χ3n) is 6.55. The number of ether oxygens (including phenoxy) is 2. The first-order chi connectivity index (χ1) is 19.7. The molecular formula is C33H40Cl2N2O4. The Morgan fingerprint density at radius 3 is 2.24 bits per heavy atom. The fraction of sp³-hybridized carbons (Fsp3) is 0.394. The van der Waals surface area contributed by atoms with E-state index in [1.165, 1.54) is 0 Å². The van der Waals surface area contributed by atoms with Crippen LogP contribution in [0.5, 0.6) is 11.5 Å². The minimum atomic E-state index is -0.727. The number of aryl methyl sites for hydroxylation is 1. The molecule has 0 saturated carbocycles. The Morgan fingerprint density at radius 2 is 1.59 bits per heavy atom. The number of amides is 2. The Morgan fingerprint density at radius 1 is 0.878 bits per heavy atom. The van der Waals surface area contributed by atoms with Crippen molar-refractivity contribution in [3.8, 4) is 11.5 Å². The number of rotatable bonds is 15. The summed E-state index contributed by atoms with van der Waals surface area (Å²) in [6, 6.07) is 19.9. The Labute approximate surface area is 253 Å². The smallest absolute Gasteiger partial charge is 0.243 e. The largest absolute Gasteiger partial charge is 0.490 e. The first kappa shape index (κ1) is 32.3. The lowest BCUT2D eigenvalue weighted by molar-refractivity contribution is -0.141. The molecule has 6 nitrogen and oxygen atoms in total. The summed E-state index contributed by atoms with van der Waals surface area (Å²) in [5, 5.41) is 4.00. The van der Waals surface area contributed by atoms with Crippen LogP contribution < -0.4 is 14.8 Å². The maximum Gasteiger partial charge on any atom is 0.243 e. The van der Waals surface area contributed by atoms with E-state index in [4.69, 9.17) is 32.7 Å². The summed E-state index contributed by atoms with van der Waals surface area (Å²) in [4.78, 5) is 29.3. The molecule has 1 unspecified atom stereocenters. The molecule has 3 aromatic carbocycles. The number of carbonyl (C=O) groups excluding carboxylic acids is 2. The SMILES string of the molecule is CCOc1ccc(CCC(=O)N(Cc2ccc(Cl)cc2Cl)C(Cc2ccccc2)C(=O)NCC(C)C)cc1OCC. The normalized spacial score (nSPS) is 11.7. The molecule has 3 rings (SSSR count). The monoisotopic (exact) mass is 598 g/mol. The van der Waals surface area contributed by atoms with Crippen LogP contribution in [-0.4, -0.2) is 42.5 Å². The summed E-state index contributed by atoms with van der Waals surface area (Å²) in [6.07, 6.45) is 1.05. The number of carbonyl (C=O) groups is 2. The van der Waals surface area contributed by atoms with Crippen LogP contribution in [0.4, 0.5) is 0 Å². The first-order valence-corrected chi connectivity index (χ1v) is 14.9. The van der Waals surface area contributed by atoms with E-state index in [0.29, 0.717) is 54.1 Å². The highest BCUT2D eigenvalue weighted by molar-refractivity contribution is 6.35. The fourth-order valence-electron chi connectivity index (χ4n) is 4.46. The van der Waals surface area contributed by atoms with Gasteiger partial charge in [0, 0.05) is 36.0 Å². The molecule has 0 aromatic heterocycles. The maximum absolute atomic E-state index is 14.0. The van der Waals surface area contributed by atoms with Crippen molar-refractivity contribution in [3.05, 3.63) is 93.5 Å². The second-order valence-electron chi connectivity index (χ2n) is 10.2. The predicted octanol–water partition coefficient (Wildman–Crippen LogP) is 7.14.